The van der Waals surface area contributed by atoms with Gasteiger partial charge in [0.2, 0.25) is 0 Å². The molecule has 0 radical (unpaired) electrons. The lowest BCUT2D eigenvalue weighted by Gasteiger charge is -2.20. The van der Waals surface area contributed by atoms with Crippen LogP contribution in [0.15, 0.2) is 18.6 Å². The van der Waals surface area contributed by atoms with Crippen molar-refractivity contribution >= 4 is 0 Å². The summed E-state index contributed by atoms with van der Waals surface area (Å²) >= 11 is 0. The average molecular weight is 219 g/mol. The van der Waals surface area contributed by atoms with Gasteiger partial charge in [0.05, 0.1) is 5.69 Å². The van der Waals surface area contributed by atoms with Crippen molar-refractivity contribution < 1.29 is 0 Å². The summed E-state index contributed by atoms with van der Waals surface area (Å²) in [5, 5.41) is 3.60. The van der Waals surface area contributed by atoms with Gasteiger partial charge in [-0.25, -0.2) is 0 Å². The largest absolute Gasteiger partial charge is 0.308 e. The van der Waals surface area contributed by atoms with Crippen LogP contribution in [0.2, 0.25) is 0 Å². The number of aromatic nitrogens is 2. The van der Waals surface area contributed by atoms with Crippen LogP contribution in [0.25, 0.3) is 0 Å². The third kappa shape index (κ3) is 3.89. The van der Waals surface area contributed by atoms with Gasteiger partial charge in [-0.2, -0.15) is 0 Å². The Morgan fingerprint density at radius 1 is 1.06 bits per heavy atom. The molecular formula is C13H21N3. The van der Waals surface area contributed by atoms with E-state index in [0.29, 0.717) is 6.04 Å². The maximum Gasteiger partial charge on any atom is 0.0724 e. The SMILES string of the molecule is c1cnc(CNC2CCCCCCC2)cn1. The van der Waals surface area contributed by atoms with E-state index in [2.05, 4.69) is 15.3 Å². The van der Waals surface area contributed by atoms with E-state index in [4.69, 9.17) is 0 Å². The normalized spacial score (nSPS) is 19.0. The fourth-order valence-corrected chi connectivity index (χ4v) is 2.33. The first-order valence-corrected chi connectivity index (χ1v) is 6.43. The van der Waals surface area contributed by atoms with Crippen molar-refractivity contribution in [2.45, 2.75) is 57.5 Å². The summed E-state index contributed by atoms with van der Waals surface area (Å²) in [6.45, 7) is 0.860. The van der Waals surface area contributed by atoms with Gasteiger partial charge < -0.3 is 5.32 Å². The molecule has 88 valence electrons. The zero-order valence-electron chi connectivity index (χ0n) is 9.86. The Morgan fingerprint density at radius 2 is 1.81 bits per heavy atom. The molecule has 0 aliphatic heterocycles. The van der Waals surface area contributed by atoms with Crippen LogP contribution in [0.1, 0.15) is 50.6 Å². The molecule has 0 saturated heterocycles. The summed E-state index contributed by atoms with van der Waals surface area (Å²) in [6, 6.07) is 0.683. The maximum atomic E-state index is 4.28. The van der Waals surface area contributed by atoms with Gasteiger partial charge in [-0.1, -0.05) is 32.1 Å². The summed E-state index contributed by atoms with van der Waals surface area (Å²) < 4.78 is 0. The number of rotatable bonds is 3. The second kappa shape index (κ2) is 6.59. The Hall–Kier alpha value is -0.960. The fraction of sp³-hybridized carbons (Fsp3) is 0.692. The highest BCUT2D eigenvalue weighted by molar-refractivity contribution is 4.94. The highest BCUT2D eigenvalue weighted by Gasteiger charge is 2.10. The van der Waals surface area contributed by atoms with Gasteiger partial charge in [0, 0.05) is 31.2 Å². The molecule has 0 amide bonds. The predicted molar refractivity (Wildman–Crippen MR) is 65.0 cm³/mol. The lowest BCUT2D eigenvalue weighted by Crippen LogP contribution is -2.29. The Kier molecular flexibility index (Phi) is 4.74. The molecule has 1 aromatic rings. The molecule has 2 rings (SSSR count). The molecule has 1 N–H and O–H groups in total. The van der Waals surface area contributed by atoms with Crippen molar-refractivity contribution in [2.75, 3.05) is 0 Å². The monoisotopic (exact) mass is 219 g/mol. The van der Waals surface area contributed by atoms with Crippen LogP contribution in [0.4, 0.5) is 0 Å². The zero-order valence-corrected chi connectivity index (χ0v) is 9.86. The molecule has 1 aromatic heterocycles. The van der Waals surface area contributed by atoms with E-state index in [1.807, 2.05) is 6.20 Å². The van der Waals surface area contributed by atoms with Gasteiger partial charge in [0.25, 0.3) is 0 Å². The van der Waals surface area contributed by atoms with Crippen LogP contribution in [0.5, 0.6) is 0 Å². The number of nitrogens with one attached hydrogen (secondary N) is 1. The van der Waals surface area contributed by atoms with Gasteiger partial charge in [-0.15, -0.1) is 0 Å². The molecule has 1 saturated carbocycles. The second-order valence-electron chi connectivity index (χ2n) is 4.62. The van der Waals surface area contributed by atoms with Gasteiger partial charge in [-0.05, 0) is 12.8 Å². The molecule has 1 aliphatic rings. The van der Waals surface area contributed by atoms with Gasteiger partial charge in [0.1, 0.15) is 0 Å². The Bertz CT molecular complexity index is 278. The highest BCUT2D eigenvalue weighted by Crippen LogP contribution is 2.17. The van der Waals surface area contributed by atoms with Crippen LogP contribution in [-0.2, 0) is 6.54 Å². The topological polar surface area (TPSA) is 37.8 Å². The predicted octanol–water partition coefficient (Wildman–Crippen LogP) is 2.68. The Morgan fingerprint density at radius 3 is 2.50 bits per heavy atom. The van der Waals surface area contributed by atoms with E-state index >= 15 is 0 Å². The van der Waals surface area contributed by atoms with Gasteiger partial charge in [0.15, 0.2) is 0 Å². The highest BCUT2D eigenvalue weighted by atomic mass is 14.9. The number of hydrogen-bond donors (Lipinski definition) is 1. The van der Waals surface area contributed by atoms with Crippen LogP contribution in [-0.4, -0.2) is 16.0 Å². The molecule has 0 spiro atoms. The first kappa shape index (κ1) is 11.5. The van der Waals surface area contributed by atoms with Gasteiger partial charge in [-0.3, -0.25) is 9.97 Å². The lowest BCUT2D eigenvalue weighted by atomic mass is 9.97. The molecule has 1 heterocycles. The van der Waals surface area contributed by atoms with E-state index in [1.165, 1.54) is 44.9 Å². The van der Waals surface area contributed by atoms with E-state index in [9.17, 15) is 0 Å². The van der Waals surface area contributed by atoms with E-state index in [1.54, 1.807) is 12.4 Å². The Balaban J connectivity index is 1.75. The second-order valence-corrected chi connectivity index (χ2v) is 4.62. The minimum Gasteiger partial charge on any atom is -0.308 e. The van der Waals surface area contributed by atoms with E-state index in [0.717, 1.165) is 12.2 Å². The van der Waals surface area contributed by atoms with E-state index in [-0.39, 0.29) is 0 Å². The minimum atomic E-state index is 0.683. The van der Waals surface area contributed by atoms with Gasteiger partial charge >= 0.3 is 0 Å². The van der Waals surface area contributed by atoms with E-state index < -0.39 is 0 Å². The summed E-state index contributed by atoms with van der Waals surface area (Å²) in [6.07, 6.45) is 14.9. The minimum absolute atomic E-state index is 0.683. The number of nitrogens with zero attached hydrogens (tertiary/aromatic N) is 2. The lowest BCUT2D eigenvalue weighted by molar-refractivity contribution is 0.387. The summed E-state index contributed by atoms with van der Waals surface area (Å²) in [7, 11) is 0. The third-order valence-electron chi connectivity index (χ3n) is 3.29. The van der Waals surface area contributed by atoms with Crippen LogP contribution >= 0.6 is 0 Å². The molecule has 0 unspecified atom stereocenters. The molecule has 0 atom stereocenters. The number of hydrogen-bond acceptors (Lipinski definition) is 3. The fourth-order valence-electron chi connectivity index (χ4n) is 2.33. The van der Waals surface area contributed by atoms with Crippen LogP contribution in [0.3, 0.4) is 0 Å². The van der Waals surface area contributed by atoms with Crippen molar-refractivity contribution in [2.24, 2.45) is 0 Å². The molecular weight excluding hydrogens is 198 g/mol. The average Bonchev–Trinajstić information content (AvgIpc) is 2.29. The van der Waals surface area contributed by atoms with Crippen LogP contribution in [0, 0.1) is 0 Å². The summed E-state index contributed by atoms with van der Waals surface area (Å²) in [5.41, 5.74) is 1.05. The van der Waals surface area contributed by atoms with Crippen molar-refractivity contribution in [3.63, 3.8) is 0 Å². The molecule has 16 heavy (non-hydrogen) atoms. The standard InChI is InChI=1S/C13H21N3/c1-2-4-6-12(7-5-3-1)16-11-13-10-14-8-9-15-13/h8-10,12,16H,1-7,11H2. The molecule has 0 aromatic carbocycles. The molecule has 3 heteroatoms. The first-order valence-electron chi connectivity index (χ1n) is 6.43. The maximum absolute atomic E-state index is 4.28. The summed E-state index contributed by atoms with van der Waals surface area (Å²) in [4.78, 5) is 8.36. The quantitative estimate of drug-likeness (QED) is 0.849. The van der Waals surface area contributed by atoms with Crippen molar-refractivity contribution in [3.8, 4) is 0 Å². The smallest absolute Gasteiger partial charge is 0.0724 e. The molecule has 3 nitrogen and oxygen atoms in total. The molecule has 0 bridgehead atoms. The first-order chi connectivity index (χ1) is 7.95. The Labute approximate surface area is 97.7 Å². The van der Waals surface area contributed by atoms with Crippen molar-refractivity contribution in [1.82, 2.24) is 15.3 Å². The van der Waals surface area contributed by atoms with Crippen molar-refractivity contribution in [3.05, 3.63) is 24.3 Å². The molecule has 1 aliphatic carbocycles. The van der Waals surface area contributed by atoms with Crippen molar-refractivity contribution in [1.29, 1.82) is 0 Å². The molecule has 1 fully saturated rings. The van der Waals surface area contributed by atoms with Crippen LogP contribution < -0.4 is 5.32 Å². The zero-order chi connectivity index (χ0) is 11.1. The summed E-state index contributed by atoms with van der Waals surface area (Å²) in [5.74, 6) is 0. The third-order valence-corrected chi connectivity index (χ3v) is 3.29.